The van der Waals surface area contributed by atoms with Crippen molar-refractivity contribution in [2.24, 2.45) is 0 Å². The number of hydrogen-bond acceptors (Lipinski definition) is 2. The van der Waals surface area contributed by atoms with Gasteiger partial charge >= 0.3 is 6.03 Å². The summed E-state index contributed by atoms with van der Waals surface area (Å²) >= 11 is 11.7. The smallest absolute Gasteiger partial charge is 0.319 e. The molecule has 0 spiro atoms. The first-order chi connectivity index (χ1) is 9.65. The zero-order chi connectivity index (χ0) is 14.4. The lowest BCUT2D eigenvalue weighted by Gasteiger charge is -2.08. The van der Waals surface area contributed by atoms with Gasteiger partial charge < -0.3 is 15.1 Å². The molecule has 2 amide bonds. The minimum absolute atomic E-state index is 0.298. The van der Waals surface area contributed by atoms with Gasteiger partial charge in [0.1, 0.15) is 5.76 Å². The molecule has 0 aliphatic heterocycles. The molecule has 1 heterocycles. The average molecular weight is 313 g/mol. The molecular formula is C14H14Cl2N2O2. The number of carbonyl (C=O) groups is 1. The van der Waals surface area contributed by atoms with Crippen molar-refractivity contribution in [3.8, 4) is 0 Å². The molecule has 0 radical (unpaired) electrons. The van der Waals surface area contributed by atoms with Crippen LogP contribution >= 0.6 is 23.2 Å². The molecule has 0 atom stereocenters. The number of hydrogen-bond donors (Lipinski definition) is 2. The van der Waals surface area contributed by atoms with E-state index >= 15 is 0 Å². The standard InChI is InChI=1S/C14H14Cl2N2O2/c15-10-5-6-13(12(16)9-10)18-14(19)17-7-1-3-11-4-2-8-20-11/h2,4-6,8-9H,1,3,7H2,(H2,17,18,19). The second-order valence-corrected chi connectivity index (χ2v) is 5.03. The summed E-state index contributed by atoms with van der Waals surface area (Å²) in [4.78, 5) is 11.7. The third-order valence-electron chi connectivity index (χ3n) is 2.64. The van der Waals surface area contributed by atoms with Crippen LogP contribution in [0.4, 0.5) is 10.5 Å². The number of nitrogens with one attached hydrogen (secondary N) is 2. The van der Waals surface area contributed by atoms with E-state index in [1.54, 1.807) is 24.5 Å². The number of furan rings is 1. The van der Waals surface area contributed by atoms with Crippen molar-refractivity contribution < 1.29 is 9.21 Å². The zero-order valence-electron chi connectivity index (χ0n) is 10.7. The predicted molar refractivity (Wildman–Crippen MR) is 80.5 cm³/mol. The molecule has 0 saturated carbocycles. The van der Waals surface area contributed by atoms with E-state index in [1.807, 2.05) is 12.1 Å². The van der Waals surface area contributed by atoms with Gasteiger partial charge in [-0.1, -0.05) is 23.2 Å². The Hall–Kier alpha value is -1.65. The monoisotopic (exact) mass is 312 g/mol. The van der Waals surface area contributed by atoms with E-state index < -0.39 is 0 Å². The highest BCUT2D eigenvalue weighted by atomic mass is 35.5. The van der Waals surface area contributed by atoms with Crippen molar-refractivity contribution in [1.29, 1.82) is 0 Å². The van der Waals surface area contributed by atoms with Gasteiger partial charge in [-0.15, -0.1) is 0 Å². The normalized spacial score (nSPS) is 10.3. The molecule has 2 aromatic rings. The number of carbonyl (C=O) groups excluding carboxylic acids is 1. The number of aryl methyl sites for hydroxylation is 1. The third kappa shape index (κ3) is 4.47. The van der Waals surface area contributed by atoms with Crippen molar-refractivity contribution in [1.82, 2.24) is 5.32 Å². The summed E-state index contributed by atoms with van der Waals surface area (Å²) in [6.45, 7) is 0.553. The van der Waals surface area contributed by atoms with Crippen molar-refractivity contribution >= 4 is 34.9 Å². The molecule has 0 saturated heterocycles. The van der Waals surface area contributed by atoms with Crippen LogP contribution < -0.4 is 10.6 Å². The Bertz CT molecular complexity index is 571. The molecule has 6 heteroatoms. The lowest BCUT2D eigenvalue weighted by atomic mass is 10.2. The van der Waals surface area contributed by atoms with Crippen LogP contribution in [0.1, 0.15) is 12.2 Å². The van der Waals surface area contributed by atoms with Gasteiger partial charge in [-0.2, -0.15) is 0 Å². The van der Waals surface area contributed by atoms with Crippen LogP contribution in [0.15, 0.2) is 41.0 Å². The predicted octanol–water partition coefficient (Wildman–Crippen LogP) is 4.34. The molecule has 0 bridgehead atoms. The fourth-order valence-electron chi connectivity index (χ4n) is 1.68. The molecule has 0 fully saturated rings. The van der Waals surface area contributed by atoms with Crippen LogP contribution in [0, 0.1) is 0 Å². The maximum Gasteiger partial charge on any atom is 0.319 e. The minimum Gasteiger partial charge on any atom is -0.469 e. The Kier molecular flexibility index (Phi) is 5.32. The largest absolute Gasteiger partial charge is 0.469 e. The summed E-state index contributed by atoms with van der Waals surface area (Å²) < 4.78 is 5.20. The van der Waals surface area contributed by atoms with E-state index in [2.05, 4.69) is 10.6 Å². The van der Waals surface area contributed by atoms with Crippen LogP contribution in [0.2, 0.25) is 10.0 Å². The number of anilines is 1. The van der Waals surface area contributed by atoms with E-state index in [0.717, 1.165) is 18.6 Å². The summed E-state index contributed by atoms with van der Waals surface area (Å²) in [5.41, 5.74) is 0.527. The zero-order valence-corrected chi connectivity index (χ0v) is 12.2. The van der Waals surface area contributed by atoms with Gasteiger partial charge in [0.25, 0.3) is 0 Å². The summed E-state index contributed by atoms with van der Waals surface area (Å²) in [6.07, 6.45) is 3.22. The number of halogens is 2. The average Bonchev–Trinajstić information content (AvgIpc) is 2.91. The lowest BCUT2D eigenvalue weighted by molar-refractivity contribution is 0.252. The van der Waals surface area contributed by atoms with E-state index in [-0.39, 0.29) is 6.03 Å². The molecule has 4 nitrogen and oxygen atoms in total. The first-order valence-electron chi connectivity index (χ1n) is 6.17. The molecule has 1 aromatic heterocycles. The van der Waals surface area contributed by atoms with Gasteiger partial charge in [0.05, 0.1) is 17.0 Å². The topological polar surface area (TPSA) is 54.3 Å². The van der Waals surface area contributed by atoms with Crippen LogP contribution in [0.5, 0.6) is 0 Å². The van der Waals surface area contributed by atoms with Gasteiger partial charge in [0.2, 0.25) is 0 Å². The second kappa shape index (κ2) is 7.22. The van der Waals surface area contributed by atoms with Crippen LogP contribution in [0.3, 0.4) is 0 Å². The van der Waals surface area contributed by atoms with Crippen LogP contribution in [-0.2, 0) is 6.42 Å². The lowest BCUT2D eigenvalue weighted by Crippen LogP contribution is -2.29. The highest BCUT2D eigenvalue weighted by Gasteiger charge is 2.05. The second-order valence-electron chi connectivity index (χ2n) is 4.19. The highest BCUT2D eigenvalue weighted by Crippen LogP contribution is 2.25. The van der Waals surface area contributed by atoms with Crippen LogP contribution in [-0.4, -0.2) is 12.6 Å². The SMILES string of the molecule is O=C(NCCCc1ccco1)Nc1ccc(Cl)cc1Cl. The molecule has 2 N–H and O–H groups in total. The van der Waals surface area contributed by atoms with Crippen molar-refractivity contribution in [2.45, 2.75) is 12.8 Å². The summed E-state index contributed by atoms with van der Waals surface area (Å²) in [5.74, 6) is 0.910. The van der Waals surface area contributed by atoms with E-state index in [4.69, 9.17) is 27.6 Å². The van der Waals surface area contributed by atoms with Crippen molar-refractivity contribution in [3.05, 3.63) is 52.4 Å². The van der Waals surface area contributed by atoms with Gasteiger partial charge in [-0.05, 0) is 36.8 Å². The molecule has 2 rings (SSSR count). The fourth-order valence-corrected chi connectivity index (χ4v) is 2.13. The van der Waals surface area contributed by atoms with E-state index in [0.29, 0.717) is 22.3 Å². The number of urea groups is 1. The van der Waals surface area contributed by atoms with Gasteiger partial charge in [-0.3, -0.25) is 0 Å². The molecular weight excluding hydrogens is 299 g/mol. The molecule has 0 aliphatic carbocycles. The molecule has 20 heavy (non-hydrogen) atoms. The Balaban J connectivity index is 1.72. The van der Waals surface area contributed by atoms with Gasteiger partial charge in [0, 0.05) is 18.0 Å². The minimum atomic E-state index is -0.298. The van der Waals surface area contributed by atoms with Crippen molar-refractivity contribution in [2.75, 3.05) is 11.9 Å². The van der Waals surface area contributed by atoms with Crippen molar-refractivity contribution in [3.63, 3.8) is 0 Å². The quantitative estimate of drug-likeness (QED) is 0.807. The number of rotatable bonds is 5. The van der Waals surface area contributed by atoms with Gasteiger partial charge in [0.15, 0.2) is 0 Å². The fraction of sp³-hybridized carbons (Fsp3) is 0.214. The molecule has 0 unspecified atom stereocenters. The molecule has 106 valence electrons. The third-order valence-corrected chi connectivity index (χ3v) is 3.19. The molecule has 0 aliphatic rings. The summed E-state index contributed by atoms with van der Waals surface area (Å²) in [5, 5.41) is 6.35. The summed E-state index contributed by atoms with van der Waals surface area (Å²) in [7, 11) is 0. The van der Waals surface area contributed by atoms with Crippen LogP contribution in [0.25, 0.3) is 0 Å². The maximum atomic E-state index is 11.7. The first kappa shape index (κ1) is 14.8. The van der Waals surface area contributed by atoms with Gasteiger partial charge in [-0.25, -0.2) is 4.79 Å². The summed E-state index contributed by atoms with van der Waals surface area (Å²) in [6, 6.07) is 8.36. The Morgan fingerprint density at radius 2 is 2.10 bits per heavy atom. The Morgan fingerprint density at radius 3 is 2.80 bits per heavy atom. The van der Waals surface area contributed by atoms with E-state index in [9.17, 15) is 4.79 Å². The Labute approximate surface area is 127 Å². The number of benzene rings is 1. The van der Waals surface area contributed by atoms with E-state index in [1.165, 1.54) is 0 Å². The first-order valence-corrected chi connectivity index (χ1v) is 6.93. The number of amides is 2. The maximum absolute atomic E-state index is 11.7. The Morgan fingerprint density at radius 1 is 1.25 bits per heavy atom. The molecule has 1 aromatic carbocycles. The highest BCUT2D eigenvalue weighted by molar-refractivity contribution is 6.36.